The lowest BCUT2D eigenvalue weighted by atomic mass is 10.00. The van der Waals surface area contributed by atoms with E-state index in [4.69, 9.17) is 9.47 Å². The molecular formula is C32H36N2O4. The molecule has 0 aromatic heterocycles. The molecule has 0 unspecified atom stereocenters. The second-order valence-corrected chi connectivity index (χ2v) is 10.3. The van der Waals surface area contributed by atoms with Crippen LogP contribution in [0, 0.1) is 6.92 Å². The number of hydrogen-bond donors (Lipinski definition) is 1. The first-order chi connectivity index (χ1) is 18.6. The van der Waals surface area contributed by atoms with Crippen molar-refractivity contribution < 1.29 is 19.1 Å². The average molecular weight is 513 g/mol. The van der Waals surface area contributed by atoms with Crippen LogP contribution in [-0.2, 0) is 29.0 Å². The van der Waals surface area contributed by atoms with Crippen LogP contribution in [-0.4, -0.2) is 35.6 Å². The van der Waals surface area contributed by atoms with Gasteiger partial charge in [-0.25, -0.2) is 0 Å². The predicted molar refractivity (Wildman–Crippen MR) is 147 cm³/mol. The van der Waals surface area contributed by atoms with Crippen molar-refractivity contribution >= 4 is 11.8 Å². The third-order valence-electron chi connectivity index (χ3n) is 7.64. The molecule has 6 heteroatoms. The molecule has 1 N–H and O–H groups in total. The number of aryl methyl sites for hydroxylation is 2. The van der Waals surface area contributed by atoms with Crippen molar-refractivity contribution in [3.63, 3.8) is 0 Å². The van der Waals surface area contributed by atoms with Gasteiger partial charge in [-0.15, -0.1) is 0 Å². The summed E-state index contributed by atoms with van der Waals surface area (Å²) in [6, 6.07) is 23.5. The van der Waals surface area contributed by atoms with Crippen LogP contribution in [0.1, 0.15) is 54.4 Å². The Morgan fingerprint density at radius 3 is 2.45 bits per heavy atom. The molecule has 3 aromatic rings. The molecule has 6 nitrogen and oxygen atoms in total. The average Bonchev–Trinajstić information content (AvgIpc) is 3.62. The van der Waals surface area contributed by atoms with Crippen LogP contribution in [0.15, 0.2) is 72.8 Å². The van der Waals surface area contributed by atoms with Gasteiger partial charge in [0, 0.05) is 25.4 Å². The first kappa shape index (κ1) is 25.8. The summed E-state index contributed by atoms with van der Waals surface area (Å²) in [7, 11) is 0. The quantitative estimate of drug-likeness (QED) is 0.397. The number of carbonyl (C=O) groups is 2. The van der Waals surface area contributed by atoms with Crippen molar-refractivity contribution in [1.82, 2.24) is 10.2 Å². The van der Waals surface area contributed by atoms with E-state index in [2.05, 4.69) is 18.3 Å². The molecule has 1 aliphatic heterocycles. The van der Waals surface area contributed by atoms with Crippen molar-refractivity contribution in [2.75, 3.05) is 6.79 Å². The zero-order chi connectivity index (χ0) is 26.3. The summed E-state index contributed by atoms with van der Waals surface area (Å²) in [5.74, 6) is 1.34. The highest BCUT2D eigenvalue weighted by Gasteiger charge is 2.32. The maximum absolute atomic E-state index is 13.9. The van der Waals surface area contributed by atoms with Gasteiger partial charge in [0.1, 0.15) is 6.04 Å². The molecular weight excluding hydrogens is 476 g/mol. The van der Waals surface area contributed by atoms with Crippen LogP contribution in [0.4, 0.5) is 0 Å². The molecule has 5 rings (SSSR count). The highest BCUT2D eigenvalue weighted by atomic mass is 16.7. The summed E-state index contributed by atoms with van der Waals surface area (Å²) in [5, 5.41) is 3.27. The van der Waals surface area contributed by atoms with Crippen molar-refractivity contribution in [2.45, 2.75) is 70.5 Å². The lowest BCUT2D eigenvalue weighted by molar-refractivity contribution is -0.141. The molecule has 2 amide bonds. The minimum atomic E-state index is -0.595. The van der Waals surface area contributed by atoms with E-state index in [-0.39, 0.29) is 24.6 Å². The minimum Gasteiger partial charge on any atom is -0.454 e. The Morgan fingerprint density at radius 2 is 1.66 bits per heavy atom. The minimum absolute atomic E-state index is 0.0339. The number of amides is 2. The number of benzene rings is 3. The number of carbonyl (C=O) groups excluding carboxylic acids is 2. The molecule has 1 heterocycles. The van der Waals surface area contributed by atoms with Gasteiger partial charge in [0.2, 0.25) is 18.6 Å². The molecule has 0 saturated heterocycles. The van der Waals surface area contributed by atoms with Crippen LogP contribution in [0.5, 0.6) is 11.5 Å². The van der Waals surface area contributed by atoms with Crippen LogP contribution in [0.25, 0.3) is 0 Å². The normalized spacial score (nSPS) is 15.3. The predicted octanol–water partition coefficient (Wildman–Crippen LogP) is 5.36. The van der Waals surface area contributed by atoms with Gasteiger partial charge in [0.05, 0.1) is 0 Å². The number of hydrogen-bond acceptors (Lipinski definition) is 4. The summed E-state index contributed by atoms with van der Waals surface area (Å²) in [6.45, 7) is 2.66. The Morgan fingerprint density at radius 1 is 0.921 bits per heavy atom. The molecule has 1 saturated carbocycles. The Balaban J connectivity index is 1.40. The molecule has 38 heavy (non-hydrogen) atoms. The summed E-state index contributed by atoms with van der Waals surface area (Å²) in [5.41, 5.74) is 4.21. The van der Waals surface area contributed by atoms with Gasteiger partial charge in [-0.3, -0.25) is 9.59 Å². The lowest BCUT2D eigenvalue weighted by Gasteiger charge is -2.33. The van der Waals surface area contributed by atoms with Crippen LogP contribution in [0.3, 0.4) is 0 Å². The SMILES string of the molecule is Cc1ccccc1CN(C(=O)CCc1ccc2c(c1)OCO2)[C@H](Cc1ccccc1)C(=O)NC1CCCC1. The van der Waals surface area contributed by atoms with E-state index >= 15 is 0 Å². The lowest BCUT2D eigenvalue weighted by Crippen LogP contribution is -2.52. The van der Waals surface area contributed by atoms with Crippen molar-refractivity contribution in [3.8, 4) is 11.5 Å². The molecule has 2 aliphatic rings. The first-order valence-electron chi connectivity index (χ1n) is 13.6. The monoisotopic (exact) mass is 512 g/mol. The fraction of sp³-hybridized carbons (Fsp3) is 0.375. The van der Waals surface area contributed by atoms with Crippen molar-refractivity contribution in [1.29, 1.82) is 0 Å². The van der Waals surface area contributed by atoms with Crippen LogP contribution < -0.4 is 14.8 Å². The highest BCUT2D eigenvalue weighted by molar-refractivity contribution is 5.88. The fourth-order valence-electron chi connectivity index (χ4n) is 5.38. The maximum Gasteiger partial charge on any atom is 0.243 e. The zero-order valence-electron chi connectivity index (χ0n) is 22.0. The molecule has 1 aliphatic carbocycles. The van der Waals surface area contributed by atoms with Gasteiger partial charge in [-0.2, -0.15) is 0 Å². The number of rotatable bonds is 10. The molecule has 3 aromatic carbocycles. The van der Waals surface area contributed by atoms with Crippen molar-refractivity contribution in [2.24, 2.45) is 0 Å². The van der Waals surface area contributed by atoms with Crippen molar-refractivity contribution in [3.05, 3.63) is 95.1 Å². The number of ether oxygens (including phenoxy) is 2. The van der Waals surface area contributed by atoms with Crippen LogP contribution in [0.2, 0.25) is 0 Å². The summed E-state index contributed by atoms with van der Waals surface area (Å²) in [4.78, 5) is 29.5. The Hall–Kier alpha value is -3.80. The molecule has 1 atom stereocenters. The van der Waals surface area contributed by atoms with E-state index in [1.165, 1.54) is 0 Å². The smallest absolute Gasteiger partial charge is 0.243 e. The van der Waals surface area contributed by atoms with E-state index in [9.17, 15) is 9.59 Å². The van der Waals surface area contributed by atoms with Gasteiger partial charge in [0.25, 0.3) is 0 Å². The standard InChI is InChI=1S/C32H36N2O4/c1-23-9-5-6-12-26(23)21-34(31(35)18-16-25-15-17-29-30(20-25)38-22-37-29)28(19-24-10-3-2-4-11-24)32(36)33-27-13-7-8-14-27/h2-6,9-12,15,17,20,27-28H,7-8,13-14,16,18-19,21-22H2,1H3,(H,33,36)/t28-/m1/s1. The Bertz CT molecular complexity index is 1250. The topological polar surface area (TPSA) is 67.9 Å². The van der Waals surface area contributed by atoms with Gasteiger partial charge < -0.3 is 19.7 Å². The largest absolute Gasteiger partial charge is 0.454 e. The molecule has 198 valence electrons. The maximum atomic E-state index is 13.9. The van der Waals surface area contributed by atoms with E-state index in [1.54, 1.807) is 4.90 Å². The number of fused-ring (bicyclic) bond motifs is 1. The molecule has 1 fully saturated rings. The Kier molecular flexibility index (Phi) is 8.27. The van der Waals surface area contributed by atoms with E-state index in [1.807, 2.05) is 66.7 Å². The zero-order valence-corrected chi connectivity index (χ0v) is 22.0. The summed E-state index contributed by atoms with van der Waals surface area (Å²) >= 11 is 0. The third-order valence-corrected chi connectivity index (χ3v) is 7.64. The Labute approximate surface area is 225 Å². The second kappa shape index (κ2) is 12.2. The van der Waals surface area contributed by atoms with E-state index in [0.717, 1.165) is 53.7 Å². The van der Waals surface area contributed by atoms with Crippen LogP contribution >= 0.6 is 0 Å². The number of nitrogens with zero attached hydrogens (tertiary/aromatic N) is 1. The second-order valence-electron chi connectivity index (χ2n) is 10.3. The summed E-state index contributed by atoms with van der Waals surface area (Å²) in [6.07, 6.45) is 5.60. The first-order valence-corrected chi connectivity index (χ1v) is 13.6. The number of nitrogens with one attached hydrogen (secondary N) is 1. The summed E-state index contributed by atoms with van der Waals surface area (Å²) < 4.78 is 10.9. The van der Waals surface area contributed by atoms with Gasteiger partial charge in [-0.1, -0.05) is 73.5 Å². The third kappa shape index (κ3) is 6.36. The molecule has 0 radical (unpaired) electrons. The van der Waals surface area contributed by atoms with Gasteiger partial charge in [-0.05, 0) is 60.6 Å². The van der Waals surface area contributed by atoms with Gasteiger partial charge >= 0.3 is 0 Å². The van der Waals surface area contributed by atoms with E-state index < -0.39 is 6.04 Å². The fourth-order valence-corrected chi connectivity index (χ4v) is 5.38. The molecule has 0 spiro atoms. The van der Waals surface area contributed by atoms with E-state index in [0.29, 0.717) is 31.6 Å². The van der Waals surface area contributed by atoms with Gasteiger partial charge in [0.15, 0.2) is 11.5 Å². The highest BCUT2D eigenvalue weighted by Crippen LogP contribution is 2.33. The molecule has 0 bridgehead atoms.